The van der Waals surface area contributed by atoms with Crippen molar-refractivity contribution in [3.05, 3.63) is 63.3 Å². The fourth-order valence-electron chi connectivity index (χ4n) is 3.85. The highest BCUT2D eigenvalue weighted by molar-refractivity contribution is 9.10. The number of hydrogen-bond acceptors (Lipinski definition) is 4. The number of piperidine rings is 1. The van der Waals surface area contributed by atoms with Gasteiger partial charge in [0.15, 0.2) is 5.76 Å². The number of phenolic OH excluding ortho intramolecular Hbond substituents is 1. The van der Waals surface area contributed by atoms with E-state index in [0.29, 0.717) is 35.1 Å². The molecular formula is C22H22BrNO3. The van der Waals surface area contributed by atoms with Gasteiger partial charge in [-0.15, -0.1) is 0 Å². The van der Waals surface area contributed by atoms with E-state index in [1.165, 1.54) is 6.42 Å². The number of ether oxygens (including phenoxy) is 1. The highest BCUT2D eigenvalue weighted by atomic mass is 79.9. The molecule has 2 aliphatic rings. The molecule has 0 bridgehead atoms. The third kappa shape index (κ3) is 3.80. The Bertz CT molecular complexity index is 922. The molecule has 1 atom stereocenters. The lowest BCUT2D eigenvalue weighted by Crippen LogP contribution is -2.33. The van der Waals surface area contributed by atoms with Crippen LogP contribution in [-0.4, -0.2) is 28.9 Å². The molecule has 1 saturated heterocycles. The van der Waals surface area contributed by atoms with Gasteiger partial charge in [0.1, 0.15) is 11.5 Å². The van der Waals surface area contributed by atoms with E-state index in [0.717, 1.165) is 29.5 Å². The molecule has 2 aromatic carbocycles. The van der Waals surface area contributed by atoms with E-state index in [4.69, 9.17) is 4.74 Å². The minimum absolute atomic E-state index is 0.141. The van der Waals surface area contributed by atoms with Gasteiger partial charge >= 0.3 is 0 Å². The largest absolute Gasteiger partial charge is 0.507 e. The summed E-state index contributed by atoms with van der Waals surface area (Å²) in [6, 6.07) is 11.0. The van der Waals surface area contributed by atoms with Gasteiger partial charge in [0.25, 0.3) is 0 Å². The second-order valence-corrected chi connectivity index (χ2v) is 8.33. The number of Topliss-reactive ketones (excluding diaryl/α,β-unsaturated/α-hetero) is 1. The minimum Gasteiger partial charge on any atom is -0.507 e. The zero-order chi connectivity index (χ0) is 19.0. The Morgan fingerprint density at radius 3 is 2.96 bits per heavy atom. The van der Waals surface area contributed by atoms with Gasteiger partial charge in [-0.25, -0.2) is 0 Å². The average molecular weight is 428 g/mol. The summed E-state index contributed by atoms with van der Waals surface area (Å²) < 4.78 is 6.89. The number of hydrogen-bond donors (Lipinski definition) is 1. The topological polar surface area (TPSA) is 49.8 Å². The molecule has 4 nitrogen and oxygen atoms in total. The molecule has 4 rings (SSSR count). The van der Waals surface area contributed by atoms with Crippen LogP contribution in [0.15, 0.2) is 46.6 Å². The summed E-state index contributed by atoms with van der Waals surface area (Å²) in [7, 11) is 0. The lowest BCUT2D eigenvalue weighted by atomic mass is 9.99. The molecular weight excluding hydrogens is 406 g/mol. The molecule has 0 spiro atoms. The Morgan fingerprint density at radius 1 is 1.33 bits per heavy atom. The van der Waals surface area contributed by atoms with Crippen LogP contribution in [0.2, 0.25) is 0 Å². The fourth-order valence-corrected chi connectivity index (χ4v) is 4.27. The second-order valence-electron chi connectivity index (χ2n) is 7.42. The SMILES string of the molecule is CC1CCCN(Cc2c(O)ccc3c2O/C(=C/c2cccc(Br)c2)C3=O)C1. The van der Waals surface area contributed by atoms with Crippen LogP contribution in [-0.2, 0) is 6.54 Å². The van der Waals surface area contributed by atoms with Crippen LogP contribution in [0.4, 0.5) is 0 Å². The summed E-state index contributed by atoms with van der Waals surface area (Å²) in [4.78, 5) is 15.1. The highest BCUT2D eigenvalue weighted by Crippen LogP contribution is 2.40. The highest BCUT2D eigenvalue weighted by Gasteiger charge is 2.32. The van der Waals surface area contributed by atoms with Crippen LogP contribution in [0.3, 0.4) is 0 Å². The Labute approximate surface area is 167 Å². The predicted octanol–water partition coefficient (Wildman–Crippen LogP) is 5.00. The summed E-state index contributed by atoms with van der Waals surface area (Å²) in [5, 5.41) is 10.4. The molecule has 0 amide bonds. The monoisotopic (exact) mass is 427 g/mol. The van der Waals surface area contributed by atoms with Crippen molar-refractivity contribution in [3.63, 3.8) is 0 Å². The van der Waals surface area contributed by atoms with Gasteiger partial charge in [0.2, 0.25) is 5.78 Å². The number of halogens is 1. The summed E-state index contributed by atoms with van der Waals surface area (Å²) in [6.45, 7) is 4.84. The number of allylic oxidation sites excluding steroid dienone is 1. The molecule has 1 N–H and O–H groups in total. The van der Waals surface area contributed by atoms with Crippen molar-refractivity contribution in [2.45, 2.75) is 26.3 Å². The summed E-state index contributed by atoms with van der Waals surface area (Å²) >= 11 is 3.44. The first-order valence-electron chi connectivity index (χ1n) is 9.28. The van der Waals surface area contributed by atoms with Crippen molar-refractivity contribution in [3.8, 4) is 11.5 Å². The molecule has 0 aliphatic carbocycles. The number of rotatable bonds is 3. The standard InChI is InChI=1S/C22H22BrNO3/c1-14-4-3-9-24(12-14)13-18-19(25)8-7-17-21(26)20(27-22(17)18)11-15-5-2-6-16(23)10-15/h2,5-8,10-11,14,25H,3-4,9,12-13H2,1H3/b20-11+. The minimum atomic E-state index is -0.141. The van der Waals surface area contributed by atoms with Crippen LogP contribution in [0.1, 0.15) is 41.3 Å². The summed E-state index contributed by atoms with van der Waals surface area (Å²) in [5.74, 6) is 1.48. The maximum Gasteiger partial charge on any atom is 0.231 e. The van der Waals surface area contributed by atoms with Gasteiger partial charge in [-0.1, -0.05) is 35.0 Å². The third-order valence-corrected chi connectivity index (χ3v) is 5.68. The van der Waals surface area contributed by atoms with E-state index < -0.39 is 0 Å². The van der Waals surface area contributed by atoms with Crippen molar-refractivity contribution >= 4 is 27.8 Å². The van der Waals surface area contributed by atoms with Crippen LogP contribution in [0.5, 0.6) is 11.5 Å². The fraction of sp³-hybridized carbons (Fsp3) is 0.318. The number of benzene rings is 2. The lowest BCUT2D eigenvalue weighted by Gasteiger charge is -2.31. The Balaban J connectivity index is 1.64. The van der Waals surface area contributed by atoms with Crippen molar-refractivity contribution in [2.75, 3.05) is 13.1 Å². The number of likely N-dealkylation sites (tertiary alicyclic amines) is 1. The quantitative estimate of drug-likeness (QED) is 0.699. The van der Waals surface area contributed by atoms with Crippen LogP contribution in [0.25, 0.3) is 6.08 Å². The van der Waals surface area contributed by atoms with E-state index >= 15 is 0 Å². The molecule has 140 valence electrons. The maximum atomic E-state index is 12.8. The van der Waals surface area contributed by atoms with Gasteiger partial charge in [-0.2, -0.15) is 0 Å². The van der Waals surface area contributed by atoms with E-state index in [1.54, 1.807) is 18.2 Å². The number of fused-ring (bicyclic) bond motifs is 1. The Kier molecular flexibility index (Phi) is 5.06. The molecule has 0 radical (unpaired) electrons. The van der Waals surface area contributed by atoms with Gasteiger partial charge in [-0.3, -0.25) is 9.69 Å². The molecule has 2 aromatic rings. The van der Waals surface area contributed by atoms with E-state index in [9.17, 15) is 9.90 Å². The normalized spacial score (nSPS) is 21.3. The first-order chi connectivity index (χ1) is 13.0. The molecule has 5 heteroatoms. The smallest absolute Gasteiger partial charge is 0.231 e. The number of nitrogens with zero attached hydrogens (tertiary/aromatic N) is 1. The number of aromatic hydroxyl groups is 1. The van der Waals surface area contributed by atoms with E-state index in [1.807, 2.05) is 24.3 Å². The maximum absolute atomic E-state index is 12.8. The number of phenols is 1. The second kappa shape index (κ2) is 7.49. The van der Waals surface area contributed by atoms with Gasteiger partial charge in [0, 0.05) is 17.6 Å². The Hall–Kier alpha value is -2.11. The van der Waals surface area contributed by atoms with Crippen LogP contribution in [0, 0.1) is 5.92 Å². The molecule has 0 saturated carbocycles. The van der Waals surface area contributed by atoms with Crippen molar-refractivity contribution in [1.29, 1.82) is 0 Å². The van der Waals surface area contributed by atoms with Crippen LogP contribution >= 0.6 is 15.9 Å². The lowest BCUT2D eigenvalue weighted by molar-refractivity contribution is 0.101. The molecule has 27 heavy (non-hydrogen) atoms. The zero-order valence-corrected chi connectivity index (χ0v) is 16.8. The van der Waals surface area contributed by atoms with Crippen molar-refractivity contribution in [1.82, 2.24) is 4.90 Å². The zero-order valence-electron chi connectivity index (χ0n) is 15.2. The Morgan fingerprint density at radius 2 is 2.19 bits per heavy atom. The van der Waals surface area contributed by atoms with E-state index in [2.05, 4.69) is 27.8 Å². The number of carbonyl (C=O) groups is 1. The van der Waals surface area contributed by atoms with E-state index in [-0.39, 0.29) is 11.5 Å². The molecule has 0 aromatic heterocycles. The summed E-state index contributed by atoms with van der Waals surface area (Å²) in [6.07, 6.45) is 4.14. The summed E-state index contributed by atoms with van der Waals surface area (Å²) in [5.41, 5.74) is 2.11. The molecule has 1 unspecified atom stereocenters. The molecule has 1 fully saturated rings. The molecule has 2 aliphatic heterocycles. The van der Waals surface area contributed by atoms with Crippen molar-refractivity contribution in [2.24, 2.45) is 5.92 Å². The predicted molar refractivity (Wildman–Crippen MR) is 109 cm³/mol. The van der Waals surface area contributed by atoms with Crippen LogP contribution < -0.4 is 4.74 Å². The number of carbonyl (C=O) groups excluding carboxylic acids is 1. The van der Waals surface area contributed by atoms with Gasteiger partial charge < -0.3 is 9.84 Å². The first kappa shape index (κ1) is 18.3. The molecule has 2 heterocycles. The van der Waals surface area contributed by atoms with Gasteiger partial charge in [0.05, 0.1) is 11.1 Å². The number of ketones is 1. The average Bonchev–Trinajstić information content (AvgIpc) is 2.94. The van der Waals surface area contributed by atoms with Gasteiger partial charge in [-0.05, 0) is 61.2 Å². The first-order valence-corrected chi connectivity index (χ1v) is 10.1. The van der Waals surface area contributed by atoms with Crippen molar-refractivity contribution < 1.29 is 14.6 Å². The third-order valence-electron chi connectivity index (χ3n) is 5.19.